The molecule has 0 bridgehead atoms. The Kier molecular flexibility index (Phi) is 6.46. The molecule has 1 heterocycles. The number of aromatic amines is 1. The topological polar surface area (TPSA) is 74.3 Å². The molecule has 5 nitrogen and oxygen atoms in total. The third-order valence-electron chi connectivity index (χ3n) is 6.23. The number of fused-ring (bicyclic) bond motifs is 2. The van der Waals surface area contributed by atoms with Gasteiger partial charge in [-0.15, -0.1) is 0 Å². The van der Waals surface area contributed by atoms with Crippen LogP contribution < -0.4 is 10.1 Å². The third kappa shape index (κ3) is 5.03. The van der Waals surface area contributed by atoms with Gasteiger partial charge in [-0.1, -0.05) is 60.7 Å². The van der Waals surface area contributed by atoms with Gasteiger partial charge >= 0.3 is 5.97 Å². The van der Waals surface area contributed by atoms with Gasteiger partial charge in [0.2, 0.25) is 0 Å². The molecule has 1 aromatic heterocycles. The van der Waals surface area contributed by atoms with Gasteiger partial charge in [0, 0.05) is 35.6 Å². The van der Waals surface area contributed by atoms with Crippen LogP contribution in [-0.2, 0) is 24.4 Å². The number of ether oxygens (including phenoxy) is 1. The number of aromatic nitrogens is 1. The Bertz CT molecular complexity index is 1480. The van der Waals surface area contributed by atoms with Crippen molar-refractivity contribution in [1.82, 2.24) is 10.3 Å². The number of carboxylic acid groups (broad SMARTS) is 1. The Balaban J connectivity index is 1.39. The quantitative estimate of drug-likeness (QED) is 0.255. The Hall–Kier alpha value is -4.16. The van der Waals surface area contributed by atoms with Crippen molar-refractivity contribution in [3.63, 3.8) is 0 Å². The molecule has 35 heavy (non-hydrogen) atoms. The summed E-state index contributed by atoms with van der Waals surface area (Å²) in [5.74, 6) is -0.541. The van der Waals surface area contributed by atoms with E-state index < -0.39 is 12.0 Å². The summed E-state index contributed by atoms with van der Waals surface area (Å²) in [4.78, 5) is 15.3. The van der Waals surface area contributed by atoms with Crippen LogP contribution in [0.1, 0.15) is 16.7 Å². The van der Waals surface area contributed by atoms with Crippen molar-refractivity contribution in [2.45, 2.75) is 25.6 Å². The number of aliphatic carboxylic acids is 1. The van der Waals surface area contributed by atoms with Crippen molar-refractivity contribution in [1.29, 1.82) is 0 Å². The van der Waals surface area contributed by atoms with Crippen LogP contribution in [0, 0.1) is 5.82 Å². The highest BCUT2D eigenvalue weighted by molar-refractivity contribution is 5.88. The summed E-state index contributed by atoms with van der Waals surface area (Å²) in [7, 11) is 0. The molecule has 5 rings (SSSR count). The molecule has 4 aromatic carbocycles. The summed E-state index contributed by atoms with van der Waals surface area (Å²) in [6, 6.07) is 25.1. The summed E-state index contributed by atoms with van der Waals surface area (Å²) in [5.41, 5.74) is 3.67. The van der Waals surface area contributed by atoms with E-state index in [-0.39, 0.29) is 12.4 Å². The first-order valence-corrected chi connectivity index (χ1v) is 11.5. The molecule has 3 N–H and O–H groups in total. The van der Waals surface area contributed by atoms with Crippen molar-refractivity contribution >= 4 is 27.6 Å². The number of hydrogen-bond donors (Lipinski definition) is 3. The first kappa shape index (κ1) is 22.6. The predicted molar refractivity (Wildman–Crippen MR) is 135 cm³/mol. The molecular weight excluding hydrogens is 443 g/mol. The van der Waals surface area contributed by atoms with Gasteiger partial charge in [-0.3, -0.25) is 10.1 Å². The van der Waals surface area contributed by atoms with E-state index in [9.17, 15) is 14.3 Å². The number of para-hydroxylation sites is 1. The molecule has 1 atom stereocenters. The second-order valence-corrected chi connectivity index (χ2v) is 8.51. The smallest absolute Gasteiger partial charge is 0.321 e. The summed E-state index contributed by atoms with van der Waals surface area (Å²) >= 11 is 0. The molecule has 0 aliphatic rings. The van der Waals surface area contributed by atoms with E-state index in [2.05, 4.69) is 10.3 Å². The molecule has 176 valence electrons. The zero-order chi connectivity index (χ0) is 24.2. The number of carboxylic acids is 1. The van der Waals surface area contributed by atoms with E-state index in [4.69, 9.17) is 4.74 Å². The van der Waals surface area contributed by atoms with Gasteiger partial charge < -0.3 is 14.8 Å². The number of benzene rings is 4. The highest BCUT2D eigenvalue weighted by atomic mass is 19.1. The highest BCUT2D eigenvalue weighted by Crippen LogP contribution is 2.29. The molecule has 0 saturated carbocycles. The second-order valence-electron chi connectivity index (χ2n) is 8.51. The Morgan fingerprint density at radius 2 is 1.69 bits per heavy atom. The fraction of sp³-hybridized carbons (Fsp3) is 0.138. The van der Waals surface area contributed by atoms with Crippen LogP contribution in [0.3, 0.4) is 0 Å². The van der Waals surface area contributed by atoms with E-state index >= 15 is 0 Å². The Labute approximate surface area is 202 Å². The van der Waals surface area contributed by atoms with Gasteiger partial charge in [0.05, 0.1) is 0 Å². The lowest BCUT2D eigenvalue weighted by atomic mass is 10.0. The van der Waals surface area contributed by atoms with Crippen LogP contribution in [0.25, 0.3) is 21.7 Å². The van der Waals surface area contributed by atoms with Crippen molar-refractivity contribution in [3.8, 4) is 5.75 Å². The van der Waals surface area contributed by atoms with Gasteiger partial charge in [0.15, 0.2) is 0 Å². The zero-order valence-electron chi connectivity index (χ0n) is 19.0. The number of halogens is 1. The van der Waals surface area contributed by atoms with E-state index in [1.165, 1.54) is 12.1 Å². The fourth-order valence-corrected chi connectivity index (χ4v) is 4.37. The van der Waals surface area contributed by atoms with Crippen LogP contribution in [0.4, 0.5) is 4.39 Å². The maximum absolute atomic E-state index is 13.3. The van der Waals surface area contributed by atoms with Crippen molar-refractivity contribution in [2.75, 3.05) is 0 Å². The van der Waals surface area contributed by atoms with Crippen LogP contribution in [0.5, 0.6) is 5.75 Å². The lowest BCUT2D eigenvalue weighted by Gasteiger charge is -2.18. The number of hydrogen-bond acceptors (Lipinski definition) is 3. The summed E-state index contributed by atoms with van der Waals surface area (Å²) in [6.45, 7) is 0.600. The summed E-state index contributed by atoms with van der Waals surface area (Å²) < 4.78 is 19.4. The summed E-state index contributed by atoms with van der Waals surface area (Å²) in [6.07, 6.45) is 2.22. The van der Waals surface area contributed by atoms with Gasteiger partial charge in [-0.05, 0) is 46.2 Å². The highest BCUT2D eigenvalue weighted by Gasteiger charge is 2.21. The maximum Gasteiger partial charge on any atom is 0.321 e. The SMILES string of the molecule is O=C(O)[C@H](Cc1c[nH]c2ccccc12)NCc1c(OCc2ccc(F)cc2)ccc2ccccc12. The van der Waals surface area contributed by atoms with Crippen LogP contribution in [-0.4, -0.2) is 22.1 Å². The number of H-pyrrole nitrogens is 1. The minimum absolute atomic E-state index is 0.281. The van der Waals surface area contributed by atoms with E-state index in [0.29, 0.717) is 18.7 Å². The van der Waals surface area contributed by atoms with E-state index in [0.717, 1.165) is 38.4 Å². The van der Waals surface area contributed by atoms with Gasteiger partial charge in [-0.25, -0.2) is 4.39 Å². The number of nitrogens with one attached hydrogen (secondary N) is 2. The largest absolute Gasteiger partial charge is 0.489 e. The van der Waals surface area contributed by atoms with Crippen molar-refractivity contribution < 1.29 is 19.0 Å². The molecule has 5 aromatic rings. The monoisotopic (exact) mass is 468 g/mol. The Morgan fingerprint density at radius 1 is 0.943 bits per heavy atom. The predicted octanol–water partition coefficient (Wildman–Crippen LogP) is 5.82. The van der Waals surface area contributed by atoms with Crippen molar-refractivity contribution in [3.05, 3.63) is 114 Å². The molecule has 0 saturated heterocycles. The van der Waals surface area contributed by atoms with Gasteiger partial charge in [-0.2, -0.15) is 0 Å². The first-order valence-electron chi connectivity index (χ1n) is 11.5. The van der Waals surface area contributed by atoms with Crippen LogP contribution in [0.15, 0.2) is 91.1 Å². The van der Waals surface area contributed by atoms with E-state index in [1.807, 2.05) is 66.9 Å². The summed E-state index contributed by atoms with van der Waals surface area (Å²) in [5, 5.41) is 16.2. The normalized spacial score (nSPS) is 12.1. The molecule has 0 spiro atoms. The molecule has 0 aliphatic heterocycles. The number of rotatable bonds is 9. The molecule has 0 aliphatic carbocycles. The molecule has 6 heteroatoms. The lowest BCUT2D eigenvalue weighted by molar-refractivity contribution is -0.139. The molecule has 0 radical (unpaired) electrons. The third-order valence-corrected chi connectivity index (χ3v) is 6.23. The minimum Gasteiger partial charge on any atom is -0.489 e. The molecule has 0 fully saturated rings. The van der Waals surface area contributed by atoms with Gasteiger partial charge in [0.25, 0.3) is 0 Å². The molecular formula is C29H25FN2O3. The maximum atomic E-state index is 13.3. The molecule has 0 unspecified atom stereocenters. The Morgan fingerprint density at radius 3 is 2.49 bits per heavy atom. The van der Waals surface area contributed by atoms with Crippen LogP contribution in [0.2, 0.25) is 0 Å². The lowest BCUT2D eigenvalue weighted by Crippen LogP contribution is -2.38. The van der Waals surface area contributed by atoms with E-state index in [1.54, 1.807) is 12.1 Å². The number of carbonyl (C=O) groups is 1. The second kappa shape index (κ2) is 9.99. The minimum atomic E-state index is -0.913. The van der Waals surface area contributed by atoms with Crippen molar-refractivity contribution in [2.24, 2.45) is 0 Å². The fourth-order valence-electron chi connectivity index (χ4n) is 4.37. The van der Waals surface area contributed by atoms with Crippen LogP contribution >= 0.6 is 0 Å². The van der Waals surface area contributed by atoms with Gasteiger partial charge in [0.1, 0.15) is 24.2 Å². The standard InChI is InChI=1S/C29H25FN2O3/c30-22-12-9-19(10-13-22)18-35-28-14-11-20-5-1-2-6-23(20)25(28)17-32-27(29(33)34)15-21-16-31-26-8-4-3-7-24(21)26/h1-14,16,27,31-32H,15,17-18H2,(H,33,34)/t27-/m0/s1. The zero-order valence-corrected chi connectivity index (χ0v) is 19.0. The average Bonchev–Trinajstić information content (AvgIpc) is 3.29. The average molecular weight is 469 g/mol. The first-order chi connectivity index (χ1) is 17.1. The molecule has 0 amide bonds.